The molecule has 1 unspecified atom stereocenters. The number of rotatable bonds is 2. The molecule has 1 aliphatic heterocycles. The lowest BCUT2D eigenvalue weighted by molar-refractivity contribution is -0.140. The first-order chi connectivity index (χ1) is 8.94. The molecule has 2 amide bonds. The number of primary amides is 1. The summed E-state index contributed by atoms with van der Waals surface area (Å²) in [5.74, 6) is -1.13. The van der Waals surface area contributed by atoms with Crippen LogP contribution in [0.25, 0.3) is 0 Å². The molecule has 6 nitrogen and oxygen atoms in total. The van der Waals surface area contributed by atoms with Gasteiger partial charge in [-0.15, -0.1) is 0 Å². The van der Waals surface area contributed by atoms with E-state index in [9.17, 15) is 14.7 Å². The monoisotopic (exact) mass is 327 g/mol. The van der Waals surface area contributed by atoms with Gasteiger partial charge in [-0.2, -0.15) is 0 Å². The van der Waals surface area contributed by atoms with Crippen LogP contribution < -0.4 is 5.73 Å². The third-order valence-electron chi connectivity index (χ3n) is 3.18. The first kappa shape index (κ1) is 14.0. The fourth-order valence-corrected chi connectivity index (χ4v) is 2.53. The zero-order valence-electron chi connectivity index (χ0n) is 10.2. The Morgan fingerprint density at radius 3 is 2.89 bits per heavy atom. The Balaban J connectivity index is 2.21. The van der Waals surface area contributed by atoms with Crippen LogP contribution >= 0.6 is 15.9 Å². The third kappa shape index (κ3) is 2.76. The molecule has 19 heavy (non-hydrogen) atoms. The molecule has 0 spiro atoms. The van der Waals surface area contributed by atoms with Crippen molar-refractivity contribution in [1.82, 2.24) is 9.88 Å². The standard InChI is InChI=1S/C12H14BrN3O3/c13-8-3-1-5-15-9(8)10(17)16-6-2-4-12(19,7-16)11(14)18/h1,3,5,19H,2,4,6-7H2,(H2,14,18). The van der Waals surface area contributed by atoms with Gasteiger partial charge in [-0.05, 0) is 40.9 Å². The van der Waals surface area contributed by atoms with E-state index >= 15 is 0 Å². The molecule has 0 radical (unpaired) electrons. The van der Waals surface area contributed by atoms with E-state index in [0.29, 0.717) is 17.4 Å². The maximum atomic E-state index is 12.3. The number of nitrogens with two attached hydrogens (primary N) is 1. The maximum Gasteiger partial charge on any atom is 0.273 e. The maximum absolute atomic E-state index is 12.3. The fourth-order valence-electron chi connectivity index (χ4n) is 2.10. The second-order valence-electron chi connectivity index (χ2n) is 4.56. The minimum absolute atomic E-state index is 0.0931. The molecule has 2 heterocycles. The Morgan fingerprint density at radius 2 is 2.26 bits per heavy atom. The molecule has 0 aromatic carbocycles. The van der Waals surface area contributed by atoms with Crippen molar-refractivity contribution in [2.24, 2.45) is 5.73 Å². The van der Waals surface area contributed by atoms with Crippen molar-refractivity contribution in [2.45, 2.75) is 18.4 Å². The molecule has 1 aromatic heterocycles. The predicted octanol–water partition coefficient (Wildman–Crippen LogP) is 0.297. The van der Waals surface area contributed by atoms with Crippen molar-refractivity contribution < 1.29 is 14.7 Å². The van der Waals surface area contributed by atoms with Gasteiger partial charge in [0.1, 0.15) is 5.69 Å². The van der Waals surface area contributed by atoms with Gasteiger partial charge in [0, 0.05) is 17.2 Å². The van der Waals surface area contributed by atoms with Gasteiger partial charge in [0.2, 0.25) is 0 Å². The first-order valence-electron chi connectivity index (χ1n) is 5.86. The molecular formula is C12H14BrN3O3. The highest BCUT2D eigenvalue weighted by Gasteiger charge is 2.40. The average Bonchev–Trinajstić information content (AvgIpc) is 2.38. The van der Waals surface area contributed by atoms with E-state index in [-0.39, 0.29) is 24.6 Å². The van der Waals surface area contributed by atoms with E-state index in [1.807, 2.05) is 0 Å². The lowest BCUT2D eigenvalue weighted by Crippen LogP contribution is -2.57. The van der Waals surface area contributed by atoms with Crippen LogP contribution in [0.5, 0.6) is 0 Å². The van der Waals surface area contributed by atoms with Gasteiger partial charge >= 0.3 is 0 Å². The molecule has 1 atom stereocenters. The topological polar surface area (TPSA) is 96.5 Å². The summed E-state index contributed by atoms with van der Waals surface area (Å²) in [6, 6.07) is 3.42. The molecule has 1 aromatic rings. The number of likely N-dealkylation sites (tertiary alicyclic amines) is 1. The van der Waals surface area contributed by atoms with Gasteiger partial charge in [0.05, 0.1) is 6.54 Å². The molecule has 7 heteroatoms. The summed E-state index contributed by atoms with van der Waals surface area (Å²) in [7, 11) is 0. The average molecular weight is 328 g/mol. The Kier molecular flexibility index (Phi) is 3.86. The number of hydrogen-bond donors (Lipinski definition) is 2. The number of aromatic nitrogens is 1. The number of carbonyl (C=O) groups excluding carboxylic acids is 2. The molecule has 0 saturated carbocycles. The Hall–Kier alpha value is -1.47. The molecule has 0 aliphatic carbocycles. The summed E-state index contributed by atoms with van der Waals surface area (Å²) in [6.07, 6.45) is 2.31. The highest BCUT2D eigenvalue weighted by molar-refractivity contribution is 9.10. The van der Waals surface area contributed by atoms with Gasteiger partial charge in [-0.25, -0.2) is 4.98 Å². The van der Waals surface area contributed by atoms with Gasteiger partial charge < -0.3 is 15.7 Å². The van der Waals surface area contributed by atoms with Crippen molar-refractivity contribution in [2.75, 3.05) is 13.1 Å². The summed E-state index contributed by atoms with van der Waals surface area (Å²) in [4.78, 5) is 29.0. The van der Waals surface area contributed by atoms with Crippen LogP contribution in [0.15, 0.2) is 22.8 Å². The highest BCUT2D eigenvalue weighted by Crippen LogP contribution is 2.23. The van der Waals surface area contributed by atoms with Crippen molar-refractivity contribution in [3.05, 3.63) is 28.5 Å². The second kappa shape index (κ2) is 5.26. The van der Waals surface area contributed by atoms with E-state index in [4.69, 9.17) is 5.73 Å². The number of amides is 2. The minimum Gasteiger partial charge on any atom is -0.378 e. The zero-order chi connectivity index (χ0) is 14.0. The quantitative estimate of drug-likeness (QED) is 0.816. The summed E-state index contributed by atoms with van der Waals surface area (Å²) < 4.78 is 0.577. The molecule has 2 rings (SSSR count). The lowest BCUT2D eigenvalue weighted by atomic mass is 9.92. The van der Waals surface area contributed by atoms with Crippen molar-refractivity contribution in [1.29, 1.82) is 0 Å². The number of carbonyl (C=O) groups is 2. The summed E-state index contributed by atoms with van der Waals surface area (Å²) in [5, 5.41) is 10.1. The molecular weight excluding hydrogens is 314 g/mol. The molecule has 1 fully saturated rings. The van der Waals surface area contributed by atoms with Crippen LogP contribution in [0.1, 0.15) is 23.3 Å². The molecule has 0 bridgehead atoms. The number of piperidine rings is 1. The largest absolute Gasteiger partial charge is 0.378 e. The smallest absolute Gasteiger partial charge is 0.273 e. The van der Waals surface area contributed by atoms with E-state index in [2.05, 4.69) is 20.9 Å². The van der Waals surface area contributed by atoms with E-state index in [1.54, 1.807) is 12.1 Å². The van der Waals surface area contributed by atoms with Crippen molar-refractivity contribution >= 4 is 27.7 Å². The number of nitrogens with zero attached hydrogens (tertiary/aromatic N) is 2. The zero-order valence-corrected chi connectivity index (χ0v) is 11.8. The summed E-state index contributed by atoms with van der Waals surface area (Å²) >= 11 is 3.26. The molecule has 102 valence electrons. The molecule has 3 N–H and O–H groups in total. The van der Waals surface area contributed by atoms with Crippen molar-refractivity contribution in [3.63, 3.8) is 0 Å². The normalized spacial score (nSPS) is 23.2. The molecule has 1 aliphatic rings. The van der Waals surface area contributed by atoms with Gasteiger partial charge in [0.25, 0.3) is 11.8 Å². The number of pyridine rings is 1. The Bertz CT molecular complexity index is 523. The Labute approximate surface area is 118 Å². The number of aliphatic hydroxyl groups is 1. The minimum atomic E-state index is -1.64. The van der Waals surface area contributed by atoms with E-state index < -0.39 is 11.5 Å². The third-order valence-corrected chi connectivity index (χ3v) is 3.82. The van der Waals surface area contributed by atoms with Crippen LogP contribution in [0, 0.1) is 0 Å². The fraction of sp³-hybridized carbons (Fsp3) is 0.417. The van der Waals surface area contributed by atoms with Crippen molar-refractivity contribution in [3.8, 4) is 0 Å². The lowest BCUT2D eigenvalue weighted by Gasteiger charge is -2.36. The van der Waals surface area contributed by atoms with Crippen LogP contribution in [-0.2, 0) is 4.79 Å². The van der Waals surface area contributed by atoms with Crippen LogP contribution in [0.4, 0.5) is 0 Å². The van der Waals surface area contributed by atoms with Gasteiger partial charge in [0.15, 0.2) is 5.60 Å². The highest BCUT2D eigenvalue weighted by atomic mass is 79.9. The first-order valence-corrected chi connectivity index (χ1v) is 6.65. The summed E-state index contributed by atoms with van der Waals surface area (Å²) in [5.41, 5.74) is 3.80. The number of halogens is 1. The predicted molar refractivity (Wildman–Crippen MR) is 71.2 cm³/mol. The molecule has 1 saturated heterocycles. The van der Waals surface area contributed by atoms with Crippen LogP contribution in [-0.4, -0.2) is 45.5 Å². The second-order valence-corrected chi connectivity index (χ2v) is 5.41. The van der Waals surface area contributed by atoms with E-state index in [0.717, 1.165) is 0 Å². The SMILES string of the molecule is NC(=O)C1(O)CCCN(C(=O)c2ncccc2Br)C1. The summed E-state index contributed by atoms with van der Waals surface area (Å²) in [6.45, 7) is 0.377. The van der Waals surface area contributed by atoms with Gasteiger partial charge in [-0.1, -0.05) is 0 Å². The van der Waals surface area contributed by atoms with Crippen LogP contribution in [0.2, 0.25) is 0 Å². The van der Waals surface area contributed by atoms with E-state index in [1.165, 1.54) is 11.1 Å². The Morgan fingerprint density at radius 1 is 1.53 bits per heavy atom. The van der Waals surface area contributed by atoms with Crippen LogP contribution in [0.3, 0.4) is 0 Å². The number of hydrogen-bond acceptors (Lipinski definition) is 4. The van der Waals surface area contributed by atoms with Gasteiger partial charge in [-0.3, -0.25) is 9.59 Å². The number of β-amino-alcohol motifs (C(OH)–C–C–N with tert-alkyl or cyclic N) is 1.